The lowest BCUT2D eigenvalue weighted by molar-refractivity contribution is -0.380. The van der Waals surface area contributed by atoms with Gasteiger partial charge in [0.05, 0.1) is 18.3 Å². The van der Waals surface area contributed by atoms with Crippen molar-refractivity contribution in [3.63, 3.8) is 0 Å². The van der Waals surface area contributed by atoms with Crippen molar-refractivity contribution in [2.24, 2.45) is 0 Å². The molecule has 0 atom stereocenters. The molecule has 0 fully saturated rings. The van der Waals surface area contributed by atoms with Crippen molar-refractivity contribution in [2.75, 3.05) is 0 Å². The van der Waals surface area contributed by atoms with Gasteiger partial charge in [-0.15, -0.1) is 0 Å². The highest BCUT2D eigenvalue weighted by atomic mass is 16.9. The smallest absolute Gasteiger partial charge is 0.318 e. The van der Waals surface area contributed by atoms with Crippen LogP contribution in [0.1, 0.15) is 67.7 Å². The maximum atomic E-state index is 12.6. The van der Waals surface area contributed by atoms with Crippen LogP contribution in [0.25, 0.3) is 0 Å². The molecule has 0 unspecified atom stereocenters. The van der Waals surface area contributed by atoms with Crippen LogP contribution in [0, 0.1) is 0 Å². The van der Waals surface area contributed by atoms with E-state index in [-0.39, 0.29) is 24.7 Å². The van der Waals surface area contributed by atoms with E-state index in [1.807, 2.05) is 6.92 Å². The Bertz CT molecular complexity index is 307. The van der Waals surface area contributed by atoms with Gasteiger partial charge in [-0.2, -0.15) is 0 Å². The van der Waals surface area contributed by atoms with E-state index in [1.54, 1.807) is 41.5 Å². The molecule has 0 aromatic carbocycles. The summed E-state index contributed by atoms with van der Waals surface area (Å²) in [5.74, 6) is -3.22. The third-order valence-corrected chi connectivity index (χ3v) is 2.46. The molecule has 0 radical (unpaired) electrons. The van der Waals surface area contributed by atoms with E-state index in [4.69, 9.17) is 14.2 Å². The zero-order valence-electron chi connectivity index (χ0n) is 14.4. The summed E-state index contributed by atoms with van der Waals surface area (Å²) in [6.45, 7) is 12.6. The molecule has 0 bridgehead atoms. The third-order valence-electron chi connectivity index (χ3n) is 2.46. The Morgan fingerprint density at radius 3 is 1.52 bits per heavy atom. The Morgan fingerprint density at radius 2 is 1.24 bits per heavy atom. The number of ketones is 2. The summed E-state index contributed by atoms with van der Waals surface area (Å²) in [4.78, 5) is 24.7. The van der Waals surface area contributed by atoms with Crippen molar-refractivity contribution in [1.29, 1.82) is 0 Å². The van der Waals surface area contributed by atoms with Crippen molar-refractivity contribution in [3.05, 3.63) is 0 Å². The normalized spacial score (nSPS) is 12.5. The Kier molecular flexibility index (Phi) is 8.94. The van der Waals surface area contributed by atoms with Crippen LogP contribution in [0.2, 0.25) is 0 Å². The lowest BCUT2D eigenvalue weighted by atomic mass is 10.1. The number of Topliss-reactive ketones (excluding diaryl/α,β-unsaturated/α-hetero) is 2. The Balaban J connectivity index is 5.39. The van der Waals surface area contributed by atoms with Crippen LogP contribution >= 0.6 is 0 Å². The SMILES string of the molecule is CCCCC(=O)C(=O)C(OC(C)C)(OC(C)C)OC(C)C. The van der Waals surface area contributed by atoms with Crippen molar-refractivity contribution in [3.8, 4) is 0 Å². The predicted molar refractivity (Wildman–Crippen MR) is 80.9 cm³/mol. The van der Waals surface area contributed by atoms with Crippen molar-refractivity contribution in [1.82, 2.24) is 0 Å². The van der Waals surface area contributed by atoms with E-state index < -0.39 is 17.5 Å². The molecule has 0 aliphatic heterocycles. The van der Waals surface area contributed by atoms with Crippen LogP contribution in [-0.4, -0.2) is 35.9 Å². The molecule has 124 valence electrons. The van der Waals surface area contributed by atoms with Gasteiger partial charge in [0.25, 0.3) is 5.78 Å². The summed E-state index contributed by atoms with van der Waals surface area (Å²) in [5, 5.41) is 0. The van der Waals surface area contributed by atoms with E-state index in [0.717, 1.165) is 6.42 Å². The van der Waals surface area contributed by atoms with Crippen LogP contribution in [0.15, 0.2) is 0 Å². The first-order valence-electron chi connectivity index (χ1n) is 7.75. The van der Waals surface area contributed by atoms with Gasteiger partial charge in [-0.1, -0.05) is 13.3 Å². The van der Waals surface area contributed by atoms with Gasteiger partial charge in [0.1, 0.15) is 0 Å². The number of ether oxygens (including phenoxy) is 3. The summed E-state index contributed by atoms with van der Waals surface area (Å²) >= 11 is 0. The van der Waals surface area contributed by atoms with E-state index in [2.05, 4.69) is 0 Å². The van der Waals surface area contributed by atoms with Crippen molar-refractivity contribution >= 4 is 11.6 Å². The van der Waals surface area contributed by atoms with Crippen LogP contribution in [-0.2, 0) is 23.8 Å². The van der Waals surface area contributed by atoms with E-state index in [9.17, 15) is 9.59 Å². The molecule has 0 amide bonds. The average molecular weight is 302 g/mol. The van der Waals surface area contributed by atoms with Gasteiger partial charge in [-0.25, -0.2) is 0 Å². The highest BCUT2D eigenvalue weighted by molar-refractivity contribution is 6.39. The minimum absolute atomic E-state index is 0.182. The second kappa shape index (κ2) is 9.28. The summed E-state index contributed by atoms with van der Waals surface area (Å²) in [6, 6.07) is 0. The van der Waals surface area contributed by atoms with Gasteiger partial charge in [0.2, 0.25) is 5.78 Å². The van der Waals surface area contributed by atoms with Gasteiger partial charge < -0.3 is 14.2 Å². The standard InChI is InChI=1S/C16H30O5/c1-8-9-10-14(17)15(18)16(19-11(2)3,20-12(4)5)21-13(6)7/h11-13H,8-10H2,1-7H3. The number of hydrogen-bond acceptors (Lipinski definition) is 5. The number of unbranched alkanes of at least 4 members (excludes halogenated alkanes) is 1. The Morgan fingerprint density at radius 1 is 0.857 bits per heavy atom. The maximum absolute atomic E-state index is 12.6. The molecular weight excluding hydrogens is 272 g/mol. The van der Waals surface area contributed by atoms with Gasteiger partial charge in [-0.3, -0.25) is 9.59 Å². The highest BCUT2D eigenvalue weighted by Gasteiger charge is 2.48. The largest absolute Gasteiger partial charge is 0.355 e. The number of carbonyl (C=O) groups is 2. The molecule has 5 heteroatoms. The average Bonchev–Trinajstić information content (AvgIpc) is 2.32. The van der Waals surface area contributed by atoms with E-state index in [1.165, 1.54) is 0 Å². The second-order valence-corrected chi connectivity index (χ2v) is 5.91. The van der Waals surface area contributed by atoms with Crippen LogP contribution < -0.4 is 0 Å². The van der Waals surface area contributed by atoms with E-state index in [0.29, 0.717) is 6.42 Å². The van der Waals surface area contributed by atoms with Gasteiger partial charge in [0, 0.05) is 6.42 Å². The van der Waals surface area contributed by atoms with Gasteiger partial charge in [-0.05, 0) is 48.0 Å². The lowest BCUT2D eigenvalue weighted by Gasteiger charge is -2.35. The van der Waals surface area contributed by atoms with Crippen molar-refractivity contribution in [2.45, 2.75) is 92.0 Å². The number of hydrogen-bond donors (Lipinski definition) is 0. The summed E-state index contributed by atoms with van der Waals surface area (Å²) in [7, 11) is 0. The summed E-state index contributed by atoms with van der Waals surface area (Å²) in [6.07, 6.45) is 0.738. The molecule has 5 nitrogen and oxygen atoms in total. The lowest BCUT2D eigenvalue weighted by Crippen LogP contribution is -2.54. The first-order chi connectivity index (χ1) is 9.64. The first kappa shape index (κ1) is 20.2. The molecule has 21 heavy (non-hydrogen) atoms. The number of rotatable bonds is 11. The molecule has 0 rings (SSSR count). The molecule has 0 spiro atoms. The summed E-state index contributed by atoms with van der Waals surface area (Å²) in [5.41, 5.74) is 0. The minimum atomic E-state index is -1.94. The zero-order chi connectivity index (χ0) is 16.6. The third kappa shape index (κ3) is 7.16. The fourth-order valence-electron chi connectivity index (χ4n) is 1.80. The maximum Gasteiger partial charge on any atom is 0.355 e. The predicted octanol–water partition coefficient (Wildman–Crippen LogP) is 3.24. The zero-order valence-corrected chi connectivity index (χ0v) is 14.4. The highest BCUT2D eigenvalue weighted by Crippen LogP contribution is 2.25. The molecule has 0 N–H and O–H groups in total. The van der Waals surface area contributed by atoms with Gasteiger partial charge >= 0.3 is 5.97 Å². The fraction of sp³-hybridized carbons (Fsp3) is 0.875. The monoisotopic (exact) mass is 302 g/mol. The minimum Gasteiger partial charge on any atom is -0.318 e. The fourth-order valence-corrected chi connectivity index (χ4v) is 1.80. The molecular formula is C16H30O5. The second-order valence-electron chi connectivity index (χ2n) is 5.91. The van der Waals surface area contributed by atoms with Crippen LogP contribution in [0.3, 0.4) is 0 Å². The quantitative estimate of drug-likeness (QED) is 0.433. The Hall–Kier alpha value is -0.780. The molecule has 0 heterocycles. The Labute approximate surface area is 128 Å². The van der Waals surface area contributed by atoms with E-state index >= 15 is 0 Å². The first-order valence-corrected chi connectivity index (χ1v) is 7.75. The molecule has 0 aliphatic rings. The molecule has 0 aliphatic carbocycles. The van der Waals surface area contributed by atoms with Crippen LogP contribution in [0.5, 0.6) is 0 Å². The molecule has 0 saturated heterocycles. The van der Waals surface area contributed by atoms with Crippen molar-refractivity contribution < 1.29 is 23.8 Å². The molecule has 0 aromatic heterocycles. The van der Waals surface area contributed by atoms with Gasteiger partial charge in [0.15, 0.2) is 0 Å². The number of carbonyl (C=O) groups excluding carboxylic acids is 2. The molecule has 0 saturated carbocycles. The topological polar surface area (TPSA) is 61.8 Å². The van der Waals surface area contributed by atoms with Crippen LogP contribution in [0.4, 0.5) is 0 Å². The summed E-state index contributed by atoms with van der Waals surface area (Å²) < 4.78 is 16.8. The molecule has 0 aromatic rings.